The number of hydrogen-bond acceptors (Lipinski definition) is 4. The summed E-state index contributed by atoms with van der Waals surface area (Å²) in [7, 11) is 0. The number of carbonyl (C=O) groups excluding carboxylic acids is 2. The smallest absolute Gasteiger partial charge is 0.262 e. The zero-order chi connectivity index (χ0) is 21.8. The fourth-order valence-corrected chi connectivity index (χ4v) is 4.11. The van der Waals surface area contributed by atoms with Gasteiger partial charge in [0.1, 0.15) is 0 Å². The summed E-state index contributed by atoms with van der Waals surface area (Å²) in [5.74, 6) is -0.152. The summed E-state index contributed by atoms with van der Waals surface area (Å²) in [5, 5.41) is 3.40. The van der Waals surface area contributed by atoms with E-state index in [1.54, 1.807) is 24.3 Å². The van der Waals surface area contributed by atoms with E-state index >= 15 is 0 Å². The highest BCUT2D eigenvalue weighted by Gasteiger charge is 2.19. The Labute approximate surface area is 184 Å². The number of nitrogens with one attached hydrogen (secondary N) is 2. The van der Waals surface area contributed by atoms with Gasteiger partial charge in [-0.1, -0.05) is 24.3 Å². The number of hydrogen-bond donors (Lipinski definition) is 2. The van der Waals surface area contributed by atoms with Crippen LogP contribution in [0.3, 0.4) is 0 Å². The highest BCUT2D eigenvalue weighted by molar-refractivity contribution is 7.71. The predicted molar refractivity (Wildman–Crippen MR) is 121 cm³/mol. The van der Waals surface area contributed by atoms with Crippen molar-refractivity contribution < 1.29 is 9.59 Å². The molecule has 2 aromatic carbocycles. The van der Waals surface area contributed by atoms with Gasteiger partial charge in [0.05, 0.1) is 10.9 Å². The summed E-state index contributed by atoms with van der Waals surface area (Å²) in [6.07, 6.45) is 2.22. The van der Waals surface area contributed by atoms with Crippen LogP contribution >= 0.6 is 12.2 Å². The van der Waals surface area contributed by atoms with Crippen LogP contribution in [0.25, 0.3) is 10.9 Å². The number of para-hydroxylation sites is 1. The van der Waals surface area contributed by atoms with Gasteiger partial charge in [0.15, 0.2) is 4.77 Å². The third kappa shape index (κ3) is 4.74. The molecule has 0 bridgehead atoms. The predicted octanol–water partition coefficient (Wildman–Crippen LogP) is 3.00. The number of rotatable bonds is 6. The molecule has 0 saturated carbocycles. The Morgan fingerprint density at radius 1 is 1.06 bits per heavy atom. The maximum atomic E-state index is 12.7. The zero-order valence-corrected chi connectivity index (χ0v) is 17.9. The van der Waals surface area contributed by atoms with Gasteiger partial charge in [-0.3, -0.25) is 19.0 Å². The second-order valence-electron chi connectivity index (χ2n) is 7.66. The highest BCUT2D eigenvalue weighted by atomic mass is 32.1. The molecular formula is C23H24N4O3S. The van der Waals surface area contributed by atoms with E-state index in [9.17, 15) is 14.4 Å². The third-order valence-electron chi connectivity index (χ3n) is 5.51. The Morgan fingerprint density at radius 3 is 2.65 bits per heavy atom. The van der Waals surface area contributed by atoms with Crippen molar-refractivity contribution in [3.05, 3.63) is 74.8 Å². The summed E-state index contributed by atoms with van der Waals surface area (Å²) in [5.41, 5.74) is 1.98. The van der Waals surface area contributed by atoms with Crippen LogP contribution in [0, 0.1) is 4.77 Å². The molecule has 0 atom stereocenters. The van der Waals surface area contributed by atoms with E-state index in [0.29, 0.717) is 27.8 Å². The Bertz CT molecular complexity index is 1240. The molecule has 160 valence electrons. The minimum Gasteiger partial charge on any atom is -0.352 e. The average molecular weight is 437 g/mol. The van der Waals surface area contributed by atoms with E-state index < -0.39 is 0 Å². The molecule has 0 spiro atoms. The fourth-order valence-electron chi connectivity index (χ4n) is 3.82. The van der Waals surface area contributed by atoms with Crippen molar-refractivity contribution in [2.45, 2.75) is 32.4 Å². The number of amides is 2. The highest BCUT2D eigenvalue weighted by Crippen LogP contribution is 2.14. The van der Waals surface area contributed by atoms with Crippen LogP contribution in [0.2, 0.25) is 0 Å². The van der Waals surface area contributed by atoms with Gasteiger partial charge in [0.2, 0.25) is 5.91 Å². The van der Waals surface area contributed by atoms with Crippen molar-refractivity contribution in [2.24, 2.45) is 0 Å². The number of likely N-dealkylation sites (tertiary alicyclic amines) is 1. The number of benzene rings is 2. The first kappa shape index (κ1) is 21.0. The van der Waals surface area contributed by atoms with E-state index in [1.807, 2.05) is 29.2 Å². The lowest BCUT2D eigenvalue weighted by Crippen LogP contribution is -2.29. The molecule has 1 saturated heterocycles. The van der Waals surface area contributed by atoms with E-state index in [2.05, 4.69) is 10.3 Å². The quantitative estimate of drug-likeness (QED) is 0.582. The zero-order valence-electron chi connectivity index (χ0n) is 17.1. The molecular weight excluding hydrogens is 412 g/mol. The van der Waals surface area contributed by atoms with Crippen LogP contribution in [-0.2, 0) is 17.9 Å². The van der Waals surface area contributed by atoms with Gasteiger partial charge in [-0.05, 0) is 54.9 Å². The van der Waals surface area contributed by atoms with E-state index in [-0.39, 0.29) is 30.3 Å². The second-order valence-corrected chi connectivity index (χ2v) is 8.05. The first-order valence-electron chi connectivity index (χ1n) is 10.4. The number of fused-ring (bicyclic) bond motifs is 1. The van der Waals surface area contributed by atoms with Crippen molar-refractivity contribution >= 4 is 34.9 Å². The fraction of sp³-hybridized carbons (Fsp3) is 0.304. The van der Waals surface area contributed by atoms with Crippen molar-refractivity contribution in [1.29, 1.82) is 0 Å². The van der Waals surface area contributed by atoms with Crippen LogP contribution in [0.5, 0.6) is 0 Å². The Kier molecular flexibility index (Phi) is 6.27. The molecule has 8 heteroatoms. The third-order valence-corrected chi connectivity index (χ3v) is 5.83. The van der Waals surface area contributed by atoms with Gasteiger partial charge in [-0.15, -0.1) is 0 Å². The molecule has 1 fully saturated rings. The molecule has 1 aromatic heterocycles. The van der Waals surface area contributed by atoms with Crippen LogP contribution < -0.4 is 10.9 Å². The largest absolute Gasteiger partial charge is 0.352 e. The van der Waals surface area contributed by atoms with Crippen molar-refractivity contribution in [3.8, 4) is 0 Å². The molecule has 2 heterocycles. The first-order valence-corrected chi connectivity index (χ1v) is 10.8. The Morgan fingerprint density at radius 2 is 1.84 bits per heavy atom. The van der Waals surface area contributed by atoms with Gasteiger partial charge >= 0.3 is 0 Å². The lowest BCUT2D eigenvalue weighted by Gasteiger charge is -2.15. The topological polar surface area (TPSA) is 87.2 Å². The molecule has 2 N–H and O–H groups in total. The molecule has 4 rings (SSSR count). The number of carbonyl (C=O) groups is 2. The van der Waals surface area contributed by atoms with Crippen LogP contribution in [0.15, 0.2) is 53.3 Å². The average Bonchev–Trinajstić information content (AvgIpc) is 3.32. The summed E-state index contributed by atoms with van der Waals surface area (Å²) < 4.78 is 1.71. The second kappa shape index (κ2) is 9.26. The Balaban J connectivity index is 1.37. The van der Waals surface area contributed by atoms with Gasteiger partial charge in [0, 0.05) is 38.2 Å². The molecule has 0 radical (unpaired) electrons. The van der Waals surface area contributed by atoms with E-state index in [4.69, 9.17) is 12.2 Å². The summed E-state index contributed by atoms with van der Waals surface area (Å²) >= 11 is 5.28. The molecule has 0 unspecified atom stereocenters. The lowest BCUT2D eigenvalue weighted by molar-refractivity contribution is -0.121. The lowest BCUT2D eigenvalue weighted by atomic mass is 10.1. The van der Waals surface area contributed by atoms with Crippen LogP contribution in [0.1, 0.15) is 35.2 Å². The monoisotopic (exact) mass is 436 g/mol. The number of aromatic amines is 1. The molecule has 31 heavy (non-hydrogen) atoms. The van der Waals surface area contributed by atoms with Crippen molar-refractivity contribution in [2.75, 3.05) is 13.1 Å². The maximum Gasteiger partial charge on any atom is 0.262 e. The molecule has 1 aliphatic rings. The van der Waals surface area contributed by atoms with E-state index in [0.717, 1.165) is 31.5 Å². The number of aromatic nitrogens is 2. The summed E-state index contributed by atoms with van der Waals surface area (Å²) in [6.45, 7) is 2.12. The standard InChI is InChI=1S/C23H24N4O3S/c28-20(10-13-27-22(30)18-8-1-2-9-19(18)25-23(27)31)24-15-16-6-5-7-17(14-16)21(29)26-11-3-4-12-26/h1-2,5-9,14H,3-4,10-13,15H2,(H,24,28)(H,25,31). The van der Waals surface area contributed by atoms with Crippen LogP contribution in [0.4, 0.5) is 0 Å². The van der Waals surface area contributed by atoms with Crippen molar-refractivity contribution in [3.63, 3.8) is 0 Å². The summed E-state index contributed by atoms with van der Waals surface area (Å²) in [6, 6.07) is 14.5. The minimum atomic E-state index is -0.208. The molecule has 0 aliphatic carbocycles. The van der Waals surface area contributed by atoms with Crippen LogP contribution in [-0.4, -0.2) is 39.4 Å². The number of H-pyrrole nitrogens is 1. The van der Waals surface area contributed by atoms with E-state index in [1.165, 1.54) is 4.57 Å². The maximum absolute atomic E-state index is 12.7. The first-order chi connectivity index (χ1) is 15.0. The van der Waals surface area contributed by atoms with Gasteiger partial charge in [-0.2, -0.15) is 0 Å². The normalized spacial score (nSPS) is 13.5. The van der Waals surface area contributed by atoms with Crippen molar-refractivity contribution in [1.82, 2.24) is 19.8 Å². The van der Waals surface area contributed by atoms with Gasteiger partial charge in [-0.25, -0.2) is 0 Å². The van der Waals surface area contributed by atoms with Gasteiger partial charge in [0.25, 0.3) is 11.5 Å². The number of nitrogens with zero attached hydrogens (tertiary/aromatic N) is 2. The molecule has 1 aliphatic heterocycles. The van der Waals surface area contributed by atoms with Gasteiger partial charge < -0.3 is 15.2 Å². The minimum absolute atomic E-state index is 0.0376. The molecule has 7 nitrogen and oxygen atoms in total. The summed E-state index contributed by atoms with van der Waals surface area (Å²) in [4.78, 5) is 42.5. The molecule has 3 aromatic rings. The Hall–Kier alpha value is -3.26. The SMILES string of the molecule is O=C(CCn1c(=S)[nH]c2ccccc2c1=O)NCc1cccc(C(=O)N2CCCC2)c1. The molecule has 2 amide bonds.